The van der Waals surface area contributed by atoms with E-state index in [1.54, 1.807) is 47.4 Å². The largest absolute Gasteiger partial charge is 0.268 e. The molecule has 0 fully saturated rings. The highest BCUT2D eigenvalue weighted by atomic mass is 19.1. The van der Waals surface area contributed by atoms with Crippen LogP contribution in [-0.2, 0) is 0 Å². The molecule has 0 aliphatic heterocycles. The minimum atomic E-state index is -0.366. The molecule has 0 spiro atoms. The smallest absolute Gasteiger partial charge is 0.266 e. The second-order valence-corrected chi connectivity index (χ2v) is 6.87. The Morgan fingerprint density at radius 1 is 0.839 bits per heavy atom. The summed E-state index contributed by atoms with van der Waals surface area (Å²) in [5, 5.41) is 4.61. The maximum atomic E-state index is 13.4. The van der Waals surface area contributed by atoms with E-state index in [0.29, 0.717) is 22.4 Å². The Bertz CT molecular complexity index is 1440. The predicted octanol–water partition coefficient (Wildman–Crippen LogP) is 4.28. The molecular weight excluding hydrogens is 393 g/mol. The highest BCUT2D eigenvalue weighted by molar-refractivity contribution is 5.80. The summed E-state index contributed by atoms with van der Waals surface area (Å²) in [6.45, 7) is 0. The zero-order valence-corrected chi connectivity index (χ0v) is 16.3. The van der Waals surface area contributed by atoms with Gasteiger partial charge in [0.25, 0.3) is 5.56 Å². The van der Waals surface area contributed by atoms with Crippen LogP contribution in [0.5, 0.6) is 0 Å². The molecule has 150 valence electrons. The Labute approximate surface area is 176 Å². The zero-order chi connectivity index (χ0) is 21.2. The standard InChI is InChI=1S/C24H16FN5O/c25-18-8-12-20(13-9-18)30-23(28-22-4-2-1-3-21(22)24(30)31)14-7-17-5-10-19(11-6-17)29-16-26-15-27-29/h1-16H/b14-7+. The van der Waals surface area contributed by atoms with Crippen LogP contribution >= 0.6 is 0 Å². The molecule has 7 heteroatoms. The molecule has 6 nitrogen and oxygen atoms in total. The summed E-state index contributed by atoms with van der Waals surface area (Å²) in [4.78, 5) is 21.8. The Morgan fingerprint density at radius 3 is 2.32 bits per heavy atom. The summed E-state index contributed by atoms with van der Waals surface area (Å²) in [6, 6.07) is 20.7. The molecule has 5 rings (SSSR count). The molecule has 2 aromatic heterocycles. The van der Waals surface area contributed by atoms with Gasteiger partial charge < -0.3 is 0 Å². The number of nitrogens with zero attached hydrogens (tertiary/aromatic N) is 5. The first-order valence-electron chi connectivity index (χ1n) is 9.60. The first-order chi connectivity index (χ1) is 15.2. The van der Waals surface area contributed by atoms with Crippen molar-refractivity contribution in [1.29, 1.82) is 0 Å². The molecule has 0 bridgehead atoms. The van der Waals surface area contributed by atoms with Gasteiger partial charge in [0.05, 0.1) is 22.3 Å². The SMILES string of the molecule is O=c1c2ccccc2nc(/C=C/c2ccc(-n3cncn3)cc2)n1-c1ccc(F)cc1. The fourth-order valence-corrected chi connectivity index (χ4v) is 3.35. The molecule has 0 amide bonds. The second-order valence-electron chi connectivity index (χ2n) is 6.87. The van der Waals surface area contributed by atoms with Crippen LogP contribution in [0.15, 0.2) is 90.2 Å². The topological polar surface area (TPSA) is 65.6 Å². The summed E-state index contributed by atoms with van der Waals surface area (Å²) in [5.74, 6) is 0.0887. The lowest BCUT2D eigenvalue weighted by molar-refractivity contribution is 0.627. The van der Waals surface area contributed by atoms with Crippen molar-refractivity contribution < 1.29 is 4.39 Å². The van der Waals surface area contributed by atoms with E-state index < -0.39 is 0 Å². The minimum absolute atomic E-state index is 0.210. The van der Waals surface area contributed by atoms with E-state index in [2.05, 4.69) is 15.1 Å². The lowest BCUT2D eigenvalue weighted by Crippen LogP contribution is -2.22. The minimum Gasteiger partial charge on any atom is -0.268 e. The molecule has 5 aromatic rings. The van der Waals surface area contributed by atoms with Crippen molar-refractivity contribution in [2.45, 2.75) is 0 Å². The third-order valence-electron chi connectivity index (χ3n) is 4.89. The molecule has 2 heterocycles. The average molecular weight is 409 g/mol. The fraction of sp³-hybridized carbons (Fsp3) is 0. The normalized spacial score (nSPS) is 11.4. The number of halogens is 1. The molecule has 0 atom stereocenters. The summed E-state index contributed by atoms with van der Waals surface area (Å²) in [5.41, 5.74) is 2.76. The lowest BCUT2D eigenvalue weighted by atomic mass is 10.2. The van der Waals surface area contributed by atoms with Gasteiger partial charge in [0.1, 0.15) is 24.3 Å². The van der Waals surface area contributed by atoms with Crippen LogP contribution in [0.3, 0.4) is 0 Å². The van der Waals surface area contributed by atoms with E-state index in [0.717, 1.165) is 11.3 Å². The van der Waals surface area contributed by atoms with E-state index in [9.17, 15) is 9.18 Å². The van der Waals surface area contributed by atoms with Crippen molar-refractivity contribution in [2.75, 3.05) is 0 Å². The van der Waals surface area contributed by atoms with Crippen LogP contribution in [0.25, 0.3) is 34.4 Å². The van der Waals surface area contributed by atoms with Gasteiger partial charge in [-0.05, 0) is 60.2 Å². The Morgan fingerprint density at radius 2 is 1.58 bits per heavy atom. The maximum Gasteiger partial charge on any atom is 0.266 e. The number of fused-ring (bicyclic) bond motifs is 1. The van der Waals surface area contributed by atoms with Crippen LogP contribution in [-0.4, -0.2) is 24.3 Å². The zero-order valence-electron chi connectivity index (χ0n) is 16.3. The van der Waals surface area contributed by atoms with Gasteiger partial charge in [-0.2, -0.15) is 5.10 Å². The predicted molar refractivity (Wildman–Crippen MR) is 118 cm³/mol. The van der Waals surface area contributed by atoms with E-state index in [1.165, 1.54) is 23.0 Å². The Balaban J connectivity index is 1.59. The summed E-state index contributed by atoms with van der Waals surface area (Å²) in [7, 11) is 0. The Hall–Kier alpha value is -4.39. The summed E-state index contributed by atoms with van der Waals surface area (Å²) >= 11 is 0. The molecule has 31 heavy (non-hydrogen) atoms. The number of aromatic nitrogens is 5. The van der Waals surface area contributed by atoms with Gasteiger partial charge in [0.2, 0.25) is 0 Å². The number of rotatable bonds is 4. The first-order valence-corrected chi connectivity index (χ1v) is 9.60. The summed E-state index contributed by atoms with van der Waals surface area (Å²) in [6.07, 6.45) is 6.77. The number of benzene rings is 3. The molecule has 0 saturated heterocycles. The first kappa shape index (κ1) is 18.6. The number of hydrogen-bond acceptors (Lipinski definition) is 4. The van der Waals surface area contributed by atoms with Crippen molar-refractivity contribution in [2.24, 2.45) is 0 Å². The van der Waals surface area contributed by atoms with Crippen LogP contribution < -0.4 is 5.56 Å². The van der Waals surface area contributed by atoms with Crippen LogP contribution in [0.2, 0.25) is 0 Å². The van der Waals surface area contributed by atoms with Gasteiger partial charge >= 0.3 is 0 Å². The van der Waals surface area contributed by atoms with Gasteiger partial charge in [-0.25, -0.2) is 19.0 Å². The Kier molecular flexibility index (Phi) is 4.68. The highest BCUT2D eigenvalue weighted by Crippen LogP contribution is 2.16. The maximum absolute atomic E-state index is 13.4. The molecule has 0 aliphatic rings. The van der Waals surface area contributed by atoms with Crippen molar-refractivity contribution >= 4 is 23.1 Å². The third kappa shape index (κ3) is 3.64. The summed E-state index contributed by atoms with van der Waals surface area (Å²) < 4.78 is 16.6. The third-order valence-corrected chi connectivity index (χ3v) is 4.89. The van der Waals surface area contributed by atoms with E-state index >= 15 is 0 Å². The molecule has 0 aliphatic carbocycles. The molecule has 3 aromatic carbocycles. The van der Waals surface area contributed by atoms with Gasteiger partial charge in [-0.1, -0.05) is 30.3 Å². The second kappa shape index (κ2) is 7.79. The molecular formula is C24H16FN5O. The van der Waals surface area contributed by atoms with E-state index in [4.69, 9.17) is 0 Å². The van der Waals surface area contributed by atoms with E-state index in [1.807, 2.05) is 36.4 Å². The van der Waals surface area contributed by atoms with Crippen LogP contribution in [0.1, 0.15) is 11.4 Å². The van der Waals surface area contributed by atoms with Crippen molar-refractivity contribution in [3.8, 4) is 11.4 Å². The molecule has 0 radical (unpaired) electrons. The van der Waals surface area contributed by atoms with Gasteiger partial charge in [-0.15, -0.1) is 0 Å². The van der Waals surface area contributed by atoms with Gasteiger partial charge in [0.15, 0.2) is 0 Å². The molecule has 0 saturated carbocycles. The van der Waals surface area contributed by atoms with Gasteiger partial charge in [0, 0.05) is 0 Å². The van der Waals surface area contributed by atoms with Gasteiger partial charge in [-0.3, -0.25) is 9.36 Å². The average Bonchev–Trinajstić information content (AvgIpc) is 3.34. The monoisotopic (exact) mass is 409 g/mol. The number of hydrogen-bond donors (Lipinski definition) is 0. The van der Waals surface area contributed by atoms with Crippen LogP contribution in [0.4, 0.5) is 4.39 Å². The number of para-hydroxylation sites is 1. The van der Waals surface area contributed by atoms with E-state index in [-0.39, 0.29) is 11.4 Å². The van der Waals surface area contributed by atoms with Crippen molar-refractivity contribution in [1.82, 2.24) is 24.3 Å². The van der Waals surface area contributed by atoms with Crippen molar-refractivity contribution in [3.05, 3.63) is 113 Å². The lowest BCUT2D eigenvalue weighted by Gasteiger charge is -2.11. The molecule has 0 unspecified atom stereocenters. The highest BCUT2D eigenvalue weighted by Gasteiger charge is 2.11. The molecule has 0 N–H and O–H groups in total. The fourth-order valence-electron chi connectivity index (χ4n) is 3.35. The quantitative estimate of drug-likeness (QED) is 0.445. The van der Waals surface area contributed by atoms with Crippen LogP contribution in [0, 0.1) is 5.82 Å². The van der Waals surface area contributed by atoms with Crippen molar-refractivity contribution in [3.63, 3.8) is 0 Å².